The lowest BCUT2D eigenvalue weighted by atomic mass is 10.3. The van der Waals surface area contributed by atoms with Gasteiger partial charge in [0.25, 0.3) is 0 Å². The molecule has 2 aromatic rings. The number of nitro groups is 1. The number of hydrogen-bond acceptors (Lipinski definition) is 4. The summed E-state index contributed by atoms with van der Waals surface area (Å²) >= 11 is 0. The van der Waals surface area contributed by atoms with Gasteiger partial charge in [-0.3, -0.25) is 10.1 Å². The summed E-state index contributed by atoms with van der Waals surface area (Å²) in [5.41, 5.74) is 0.662. The second kappa shape index (κ2) is 3.49. The first-order valence-corrected chi connectivity index (χ1v) is 4.30. The van der Waals surface area contributed by atoms with Crippen LogP contribution >= 0.6 is 0 Å². The third kappa shape index (κ3) is 1.69. The summed E-state index contributed by atoms with van der Waals surface area (Å²) in [6, 6.07) is 4.72. The first kappa shape index (κ1) is 9.32. The maximum atomic E-state index is 10.8. The molecule has 0 saturated heterocycles. The van der Waals surface area contributed by atoms with Crippen LogP contribution in [0.5, 0.6) is 0 Å². The fourth-order valence-electron chi connectivity index (χ4n) is 1.24. The first-order valence-electron chi connectivity index (χ1n) is 4.30. The second-order valence-electron chi connectivity index (χ2n) is 3.00. The highest BCUT2D eigenvalue weighted by Crippen LogP contribution is 2.19. The Bertz CT molecular complexity index is 493. The molecule has 0 aliphatic heterocycles. The van der Waals surface area contributed by atoms with Crippen LogP contribution in [0.4, 0.5) is 5.69 Å². The lowest BCUT2D eigenvalue weighted by Gasteiger charge is -2.02. The van der Waals surface area contributed by atoms with Crippen molar-refractivity contribution in [2.24, 2.45) is 0 Å². The van der Waals surface area contributed by atoms with E-state index in [-0.39, 0.29) is 11.5 Å². The van der Waals surface area contributed by atoms with Gasteiger partial charge in [-0.2, -0.15) is 5.10 Å². The Morgan fingerprint density at radius 2 is 2.27 bits per heavy atom. The molecule has 0 atom stereocenters. The second-order valence-corrected chi connectivity index (χ2v) is 3.00. The van der Waals surface area contributed by atoms with Gasteiger partial charge in [-0.15, -0.1) is 0 Å². The van der Waals surface area contributed by atoms with Crippen LogP contribution in [0.25, 0.3) is 5.82 Å². The van der Waals surface area contributed by atoms with Gasteiger partial charge < -0.3 is 0 Å². The van der Waals surface area contributed by atoms with Gasteiger partial charge in [0.1, 0.15) is 0 Å². The Morgan fingerprint density at radius 3 is 2.87 bits per heavy atom. The van der Waals surface area contributed by atoms with Crippen molar-refractivity contribution in [3.63, 3.8) is 0 Å². The quantitative estimate of drug-likeness (QED) is 0.548. The number of rotatable bonds is 2. The minimum Gasteiger partial charge on any atom is -0.258 e. The van der Waals surface area contributed by atoms with E-state index in [2.05, 4.69) is 10.1 Å². The molecule has 0 fully saturated rings. The standard InChI is InChI=1S/C9H8N4O2/c1-7-3-4-8(13(14)15)9(11-7)12-6-2-5-10-12/h2-6H,1H3. The summed E-state index contributed by atoms with van der Waals surface area (Å²) < 4.78 is 1.38. The molecule has 0 amide bonds. The molecule has 2 aromatic heterocycles. The van der Waals surface area contributed by atoms with E-state index in [1.165, 1.54) is 10.7 Å². The Balaban J connectivity index is 2.63. The van der Waals surface area contributed by atoms with Crippen LogP contribution in [0.2, 0.25) is 0 Å². The molecule has 2 heterocycles. The molecule has 0 spiro atoms. The Hall–Kier alpha value is -2.24. The molecule has 0 saturated carbocycles. The van der Waals surface area contributed by atoms with Gasteiger partial charge in [-0.25, -0.2) is 9.67 Å². The van der Waals surface area contributed by atoms with Gasteiger partial charge in [0.2, 0.25) is 5.82 Å². The maximum absolute atomic E-state index is 10.8. The molecule has 0 radical (unpaired) electrons. The average Bonchev–Trinajstić information content (AvgIpc) is 2.69. The summed E-state index contributed by atoms with van der Waals surface area (Å²) in [6.45, 7) is 1.77. The molecule has 0 aliphatic rings. The lowest BCUT2D eigenvalue weighted by molar-refractivity contribution is -0.385. The zero-order chi connectivity index (χ0) is 10.8. The van der Waals surface area contributed by atoms with Crippen molar-refractivity contribution in [2.75, 3.05) is 0 Å². The smallest absolute Gasteiger partial charge is 0.258 e. The third-order valence-corrected chi connectivity index (χ3v) is 1.91. The molecule has 0 bridgehead atoms. The first-order chi connectivity index (χ1) is 7.18. The highest BCUT2D eigenvalue weighted by atomic mass is 16.6. The van der Waals surface area contributed by atoms with Crippen molar-refractivity contribution < 1.29 is 4.92 Å². The molecule has 6 heteroatoms. The number of aryl methyl sites for hydroxylation is 1. The molecule has 15 heavy (non-hydrogen) atoms. The van der Waals surface area contributed by atoms with E-state index in [1.807, 2.05) is 0 Å². The molecular formula is C9H8N4O2. The molecular weight excluding hydrogens is 196 g/mol. The molecule has 0 N–H and O–H groups in total. The van der Waals surface area contributed by atoms with Gasteiger partial charge in [-0.1, -0.05) is 0 Å². The van der Waals surface area contributed by atoms with E-state index in [0.29, 0.717) is 5.69 Å². The van der Waals surface area contributed by atoms with Gasteiger partial charge >= 0.3 is 5.69 Å². The van der Waals surface area contributed by atoms with E-state index in [1.54, 1.807) is 31.5 Å². The number of nitrogens with zero attached hydrogens (tertiary/aromatic N) is 4. The third-order valence-electron chi connectivity index (χ3n) is 1.91. The average molecular weight is 204 g/mol. The van der Waals surface area contributed by atoms with E-state index < -0.39 is 4.92 Å². The molecule has 0 unspecified atom stereocenters. The predicted molar refractivity (Wildman–Crippen MR) is 52.8 cm³/mol. The minimum absolute atomic E-state index is 0.0516. The highest BCUT2D eigenvalue weighted by Gasteiger charge is 2.16. The predicted octanol–water partition coefficient (Wildman–Crippen LogP) is 1.48. The lowest BCUT2D eigenvalue weighted by Crippen LogP contribution is -2.04. The van der Waals surface area contributed by atoms with Gasteiger partial charge in [-0.05, 0) is 19.1 Å². The van der Waals surface area contributed by atoms with Gasteiger partial charge in [0.05, 0.1) is 4.92 Å². The van der Waals surface area contributed by atoms with Crippen molar-refractivity contribution in [1.29, 1.82) is 0 Å². The van der Waals surface area contributed by atoms with Crippen LogP contribution in [0.1, 0.15) is 5.69 Å². The topological polar surface area (TPSA) is 73.8 Å². The van der Waals surface area contributed by atoms with Crippen molar-refractivity contribution in [2.45, 2.75) is 6.92 Å². The zero-order valence-electron chi connectivity index (χ0n) is 7.99. The van der Waals surface area contributed by atoms with Gasteiger partial charge in [0.15, 0.2) is 0 Å². The van der Waals surface area contributed by atoms with Crippen molar-refractivity contribution in [3.05, 3.63) is 46.4 Å². The normalized spacial score (nSPS) is 10.2. The molecule has 0 aromatic carbocycles. The van der Waals surface area contributed by atoms with E-state index in [4.69, 9.17) is 0 Å². The summed E-state index contributed by atoms with van der Waals surface area (Å²) in [4.78, 5) is 14.4. The largest absolute Gasteiger partial charge is 0.313 e. The van der Waals surface area contributed by atoms with Crippen molar-refractivity contribution in [1.82, 2.24) is 14.8 Å². The Kier molecular flexibility index (Phi) is 2.17. The SMILES string of the molecule is Cc1ccc([N+](=O)[O-])c(-n2cccn2)n1. The van der Waals surface area contributed by atoms with E-state index in [9.17, 15) is 10.1 Å². The zero-order valence-corrected chi connectivity index (χ0v) is 7.99. The molecule has 2 rings (SSSR count). The van der Waals surface area contributed by atoms with Crippen LogP contribution in [0.15, 0.2) is 30.6 Å². The van der Waals surface area contributed by atoms with Crippen molar-refractivity contribution in [3.8, 4) is 5.82 Å². The van der Waals surface area contributed by atoms with Crippen LogP contribution in [-0.2, 0) is 0 Å². The molecule has 6 nitrogen and oxygen atoms in total. The summed E-state index contributed by atoms with van der Waals surface area (Å²) in [6.07, 6.45) is 3.17. The van der Waals surface area contributed by atoms with E-state index >= 15 is 0 Å². The Labute approximate surface area is 85.3 Å². The van der Waals surface area contributed by atoms with Crippen LogP contribution < -0.4 is 0 Å². The maximum Gasteiger partial charge on any atom is 0.313 e. The van der Waals surface area contributed by atoms with Crippen LogP contribution in [0.3, 0.4) is 0 Å². The Morgan fingerprint density at radius 1 is 1.47 bits per heavy atom. The van der Waals surface area contributed by atoms with Gasteiger partial charge in [0, 0.05) is 24.2 Å². The molecule has 76 valence electrons. The number of pyridine rings is 1. The molecule has 0 aliphatic carbocycles. The number of aromatic nitrogens is 3. The summed E-state index contributed by atoms with van der Waals surface area (Å²) in [5, 5.41) is 14.7. The monoisotopic (exact) mass is 204 g/mol. The highest BCUT2D eigenvalue weighted by molar-refractivity contribution is 5.46. The fraction of sp³-hybridized carbons (Fsp3) is 0.111. The summed E-state index contributed by atoms with van der Waals surface area (Å²) in [5.74, 6) is 0.241. The van der Waals surface area contributed by atoms with Crippen molar-refractivity contribution >= 4 is 5.69 Å². The summed E-state index contributed by atoms with van der Waals surface area (Å²) in [7, 11) is 0. The van der Waals surface area contributed by atoms with Crippen LogP contribution in [0, 0.1) is 17.0 Å². The number of hydrogen-bond donors (Lipinski definition) is 0. The van der Waals surface area contributed by atoms with E-state index in [0.717, 1.165) is 0 Å². The fourth-order valence-corrected chi connectivity index (χ4v) is 1.24. The minimum atomic E-state index is -0.469. The van der Waals surface area contributed by atoms with Crippen LogP contribution in [-0.4, -0.2) is 19.7 Å².